The largest absolute Gasteiger partial charge is 0.354 e. The number of nitrogens with zero attached hydrogens (tertiary/aromatic N) is 2. The van der Waals surface area contributed by atoms with Crippen molar-refractivity contribution in [3.63, 3.8) is 0 Å². The Kier molecular flexibility index (Phi) is 12.2. The lowest BCUT2D eigenvalue weighted by atomic mass is 10.0. The van der Waals surface area contributed by atoms with Gasteiger partial charge in [-0.25, -0.2) is 8.42 Å². The number of unbranched alkanes of at least 4 members (excludes halogenated alkanes) is 1. The second-order valence-electron chi connectivity index (χ2n) is 9.41. The number of amides is 2. The summed E-state index contributed by atoms with van der Waals surface area (Å²) in [5, 5.41) is 3.63. The highest BCUT2D eigenvalue weighted by molar-refractivity contribution is 7.92. The molecule has 7 nitrogen and oxygen atoms in total. The lowest BCUT2D eigenvalue weighted by molar-refractivity contribution is -0.140. The maximum atomic E-state index is 14.1. The average Bonchev–Trinajstić information content (AvgIpc) is 2.92. The van der Waals surface area contributed by atoms with Gasteiger partial charge in [0.2, 0.25) is 21.8 Å². The molecule has 0 aliphatic rings. The van der Waals surface area contributed by atoms with Gasteiger partial charge in [-0.05, 0) is 36.2 Å². The SMILES string of the molecule is CCCCNC(=O)[C@H](Cc1ccccc1)N(Cc1c(Cl)cccc1Cl)C(=O)CN(c1cccc(Cl)c1Cl)S(C)(=O)=O. The summed E-state index contributed by atoms with van der Waals surface area (Å²) in [6.07, 6.45) is 2.75. The van der Waals surface area contributed by atoms with Crippen LogP contribution in [0.5, 0.6) is 0 Å². The predicted octanol–water partition coefficient (Wildman–Crippen LogP) is 6.62. The molecule has 0 aromatic heterocycles. The number of carbonyl (C=O) groups is 2. The van der Waals surface area contributed by atoms with Gasteiger partial charge in [0.15, 0.2) is 0 Å². The number of rotatable bonds is 13. The second-order valence-corrected chi connectivity index (χ2v) is 12.9. The number of hydrogen-bond donors (Lipinski definition) is 1. The molecule has 0 aliphatic carbocycles. The van der Waals surface area contributed by atoms with E-state index in [2.05, 4.69) is 5.32 Å². The zero-order chi connectivity index (χ0) is 30.2. The van der Waals surface area contributed by atoms with Gasteiger partial charge in [-0.1, -0.05) is 102 Å². The van der Waals surface area contributed by atoms with Gasteiger partial charge in [0.05, 0.1) is 22.0 Å². The fourth-order valence-electron chi connectivity index (χ4n) is 4.19. The molecule has 41 heavy (non-hydrogen) atoms. The highest BCUT2D eigenvalue weighted by atomic mass is 35.5. The molecule has 0 radical (unpaired) electrons. The van der Waals surface area contributed by atoms with E-state index >= 15 is 0 Å². The molecule has 220 valence electrons. The summed E-state index contributed by atoms with van der Waals surface area (Å²) >= 11 is 25.5. The first kappa shape index (κ1) is 33.0. The van der Waals surface area contributed by atoms with Crippen LogP contribution in [0.1, 0.15) is 30.9 Å². The Bertz CT molecular complexity index is 1450. The number of sulfonamides is 1. The first-order chi connectivity index (χ1) is 19.4. The Morgan fingerprint density at radius 2 is 1.49 bits per heavy atom. The number of halogens is 4. The summed E-state index contributed by atoms with van der Waals surface area (Å²) in [6, 6.07) is 17.7. The van der Waals surface area contributed by atoms with Crippen LogP contribution in [0.2, 0.25) is 20.1 Å². The smallest absolute Gasteiger partial charge is 0.244 e. The molecular formula is C29H31Cl4N3O4S. The minimum Gasteiger partial charge on any atom is -0.354 e. The van der Waals surface area contributed by atoms with E-state index in [1.165, 1.54) is 23.1 Å². The summed E-state index contributed by atoms with van der Waals surface area (Å²) in [5.41, 5.74) is 1.28. The molecule has 1 N–H and O–H groups in total. The van der Waals surface area contributed by atoms with Crippen LogP contribution in [0.3, 0.4) is 0 Å². The van der Waals surface area contributed by atoms with Crippen molar-refractivity contribution in [3.05, 3.63) is 97.9 Å². The maximum Gasteiger partial charge on any atom is 0.244 e. The maximum absolute atomic E-state index is 14.1. The van der Waals surface area contributed by atoms with Crippen LogP contribution in [-0.2, 0) is 32.6 Å². The molecular weight excluding hydrogens is 628 g/mol. The van der Waals surface area contributed by atoms with Gasteiger partial charge in [0.1, 0.15) is 12.6 Å². The standard InChI is InChI=1S/C29H31Cl4N3O4S/c1-3-4-16-34-29(38)26(17-20-10-6-5-7-11-20)35(18-21-22(30)12-8-13-23(21)31)27(37)19-36(41(2,39)40)25-15-9-14-24(32)28(25)33/h5-15,26H,3-4,16-19H2,1-2H3,(H,34,38)/t26-/m0/s1. The fraction of sp³-hybridized carbons (Fsp3) is 0.310. The number of nitrogens with one attached hydrogen (secondary N) is 1. The van der Waals surface area contributed by atoms with Crippen LogP contribution in [-0.4, -0.2) is 50.5 Å². The molecule has 0 fully saturated rings. The van der Waals surface area contributed by atoms with Crippen molar-refractivity contribution in [1.82, 2.24) is 10.2 Å². The van der Waals surface area contributed by atoms with E-state index in [0.29, 0.717) is 22.2 Å². The van der Waals surface area contributed by atoms with Crippen LogP contribution in [0.25, 0.3) is 0 Å². The van der Waals surface area contributed by atoms with E-state index in [1.807, 2.05) is 37.3 Å². The summed E-state index contributed by atoms with van der Waals surface area (Å²) in [6.45, 7) is 1.64. The van der Waals surface area contributed by atoms with Gasteiger partial charge in [-0.15, -0.1) is 0 Å². The summed E-state index contributed by atoms with van der Waals surface area (Å²) in [4.78, 5) is 29.1. The molecule has 1 atom stereocenters. The predicted molar refractivity (Wildman–Crippen MR) is 168 cm³/mol. The van der Waals surface area contributed by atoms with Gasteiger partial charge < -0.3 is 10.2 Å². The number of hydrogen-bond acceptors (Lipinski definition) is 4. The van der Waals surface area contributed by atoms with Crippen molar-refractivity contribution in [1.29, 1.82) is 0 Å². The Morgan fingerprint density at radius 1 is 0.878 bits per heavy atom. The minimum atomic E-state index is -4.01. The van der Waals surface area contributed by atoms with E-state index in [9.17, 15) is 18.0 Å². The third kappa shape index (κ3) is 9.00. The second kappa shape index (κ2) is 15.1. The third-order valence-electron chi connectivity index (χ3n) is 6.37. The van der Waals surface area contributed by atoms with E-state index in [-0.39, 0.29) is 34.6 Å². The Labute approximate surface area is 261 Å². The number of carbonyl (C=O) groups excluding carboxylic acids is 2. The van der Waals surface area contributed by atoms with Crippen molar-refractivity contribution in [2.24, 2.45) is 0 Å². The third-order valence-corrected chi connectivity index (χ3v) is 9.01. The molecule has 3 aromatic rings. The Hall–Kier alpha value is -2.49. The zero-order valence-electron chi connectivity index (χ0n) is 22.6. The Balaban J connectivity index is 2.11. The average molecular weight is 659 g/mol. The molecule has 0 aliphatic heterocycles. The van der Waals surface area contributed by atoms with Crippen molar-refractivity contribution in [2.45, 2.75) is 38.8 Å². The number of anilines is 1. The molecule has 0 spiro atoms. The minimum absolute atomic E-state index is 0.0220. The first-order valence-corrected chi connectivity index (χ1v) is 16.3. The zero-order valence-corrected chi connectivity index (χ0v) is 26.5. The highest BCUT2D eigenvalue weighted by Gasteiger charge is 2.34. The monoisotopic (exact) mass is 657 g/mol. The summed E-state index contributed by atoms with van der Waals surface area (Å²) in [7, 11) is -4.01. The number of benzene rings is 3. The quantitative estimate of drug-likeness (QED) is 0.209. The topological polar surface area (TPSA) is 86.8 Å². The van der Waals surface area contributed by atoms with Crippen LogP contribution in [0, 0.1) is 0 Å². The normalized spacial score (nSPS) is 12.0. The van der Waals surface area contributed by atoms with Gasteiger partial charge in [-0.2, -0.15) is 0 Å². The van der Waals surface area contributed by atoms with Gasteiger partial charge in [0, 0.05) is 35.1 Å². The van der Waals surface area contributed by atoms with Crippen molar-refractivity contribution >= 4 is 73.9 Å². The van der Waals surface area contributed by atoms with Crippen LogP contribution in [0.4, 0.5) is 5.69 Å². The van der Waals surface area contributed by atoms with E-state index in [1.54, 1.807) is 18.2 Å². The van der Waals surface area contributed by atoms with Gasteiger partial charge >= 0.3 is 0 Å². The van der Waals surface area contributed by atoms with E-state index in [0.717, 1.165) is 29.0 Å². The van der Waals surface area contributed by atoms with Gasteiger partial charge in [0.25, 0.3) is 0 Å². The van der Waals surface area contributed by atoms with Crippen LogP contribution in [0.15, 0.2) is 66.7 Å². The first-order valence-electron chi connectivity index (χ1n) is 12.9. The molecule has 3 rings (SSSR count). The molecule has 3 aromatic carbocycles. The summed E-state index contributed by atoms with van der Waals surface area (Å²) < 4.78 is 26.7. The van der Waals surface area contributed by atoms with Gasteiger partial charge in [-0.3, -0.25) is 13.9 Å². The summed E-state index contributed by atoms with van der Waals surface area (Å²) in [5.74, 6) is -1.04. The fourth-order valence-corrected chi connectivity index (χ4v) is 6.01. The van der Waals surface area contributed by atoms with E-state index in [4.69, 9.17) is 46.4 Å². The van der Waals surface area contributed by atoms with E-state index < -0.39 is 28.5 Å². The highest BCUT2D eigenvalue weighted by Crippen LogP contribution is 2.34. The molecule has 0 heterocycles. The molecule has 0 saturated heterocycles. The Morgan fingerprint density at radius 3 is 2.10 bits per heavy atom. The van der Waals surface area contributed by atoms with Crippen molar-refractivity contribution in [3.8, 4) is 0 Å². The molecule has 2 amide bonds. The van der Waals surface area contributed by atoms with Crippen molar-refractivity contribution < 1.29 is 18.0 Å². The molecule has 12 heteroatoms. The molecule has 0 unspecified atom stereocenters. The molecule has 0 saturated carbocycles. The van der Waals surface area contributed by atoms with Crippen LogP contribution < -0.4 is 9.62 Å². The molecule has 0 bridgehead atoms. The van der Waals surface area contributed by atoms with Crippen molar-refractivity contribution in [2.75, 3.05) is 23.7 Å². The lowest BCUT2D eigenvalue weighted by Gasteiger charge is -2.34. The lowest BCUT2D eigenvalue weighted by Crippen LogP contribution is -2.53. The van der Waals surface area contributed by atoms with Crippen LogP contribution >= 0.6 is 46.4 Å².